The Balaban J connectivity index is 0. The van der Waals surface area contributed by atoms with Gasteiger partial charge in [-0.3, -0.25) is 0 Å². The molecule has 0 heterocycles. The van der Waals surface area contributed by atoms with Crippen molar-refractivity contribution in [2.45, 2.75) is 52.7 Å². The molecule has 0 spiro atoms. The molecular weight excluding hydrogens is 288 g/mol. The minimum absolute atomic E-state index is 0.0577. The number of carbonyl (C=O) groups is 2. The fraction of sp³-hybridized carbons (Fsp3) is 0.625. The summed E-state index contributed by atoms with van der Waals surface area (Å²) >= 11 is 0. The molecule has 6 nitrogen and oxygen atoms in total. The average molecular weight is 316 g/mol. The summed E-state index contributed by atoms with van der Waals surface area (Å²) in [7, 11) is 0. The van der Waals surface area contributed by atoms with Gasteiger partial charge >= 0.3 is 11.9 Å². The van der Waals surface area contributed by atoms with Gasteiger partial charge in [-0.05, 0) is 26.7 Å². The molecule has 0 amide bonds. The van der Waals surface area contributed by atoms with Crippen molar-refractivity contribution >= 4 is 11.9 Å². The third-order valence-corrected chi connectivity index (χ3v) is 2.51. The van der Waals surface area contributed by atoms with Crippen LogP contribution in [-0.2, 0) is 19.1 Å². The number of hydrogen-bond donors (Lipinski definition) is 2. The predicted octanol–water partition coefficient (Wildman–Crippen LogP) is 1.75. The lowest BCUT2D eigenvalue weighted by molar-refractivity contribution is -0.146. The first-order valence-corrected chi connectivity index (χ1v) is 7.17. The summed E-state index contributed by atoms with van der Waals surface area (Å²) in [5.74, 6) is -0.886. The highest BCUT2D eigenvalue weighted by Crippen LogP contribution is 2.01. The van der Waals surface area contributed by atoms with Gasteiger partial charge < -0.3 is 19.7 Å². The van der Waals surface area contributed by atoms with E-state index in [9.17, 15) is 9.59 Å². The van der Waals surface area contributed by atoms with Crippen LogP contribution in [-0.4, -0.2) is 47.6 Å². The van der Waals surface area contributed by atoms with Crippen molar-refractivity contribution in [3.63, 3.8) is 0 Å². The summed E-state index contributed by atoms with van der Waals surface area (Å²) in [5.41, 5.74) is 0.713. The first kappa shape index (κ1) is 22.6. The minimum Gasteiger partial charge on any atom is -0.460 e. The van der Waals surface area contributed by atoms with Crippen LogP contribution >= 0.6 is 0 Å². The molecule has 0 aliphatic carbocycles. The molecule has 0 radical (unpaired) electrons. The average Bonchev–Trinajstić information content (AvgIpc) is 2.49. The van der Waals surface area contributed by atoms with Crippen molar-refractivity contribution in [3.8, 4) is 0 Å². The third kappa shape index (κ3) is 12.1. The number of esters is 2. The zero-order valence-corrected chi connectivity index (χ0v) is 13.9. The van der Waals surface area contributed by atoms with Crippen LogP contribution in [0.4, 0.5) is 0 Å². The quantitative estimate of drug-likeness (QED) is 0.523. The van der Waals surface area contributed by atoms with Crippen LogP contribution in [0.5, 0.6) is 0 Å². The molecule has 22 heavy (non-hydrogen) atoms. The highest BCUT2D eigenvalue weighted by atomic mass is 16.6. The van der Waals surface area contributed by atoms with E-state index < -0.39 is 18.0 Å². The number of ether oxygens (including phenoxy) is 2. The van der Waals surface area contributed by atoms with Crippen molar-refractivity contribution in [2.75, 3.05) is 13.2 Å². The Kier molecular flexibility index (Phi) is 13.4. The maximum absolute atomic E-state index is 10.8. The molecule has 0 aromatic heterocycles. The molecule has 0 bridgehead atoms. The normalized spacial score (nSPS) is 12.3. The number of rotatable bonds is 8. The first-order chi connectivity index (χ1) is 10.2. The molecule has 0 aromatic rings. The second kappa shape index (κ2) is 13.0. The van der Waals surface area contributed by atoms with Gasteiger partial charge in [-0.15, -0.1) is 0 Å². The van der Waals surface area contributed by atoms with Crippen molar-refractivity contribution in [1.29, 1.82) is 0 Å². The number of hydrogen-bond acceptors (Lipinski definition) is 6. The zero-order valence-electron chi connectivity index (χ0n) is 13.9. The van der Waals surface area contributed by atoms with Gasteiger partial charge in [0.1, 0.15) is 12.7 Å². The Hall–Kier alpha value is -1.66. The van der Waals surface area contributed by atoms with Crippen LogP contribution in [0.15, 0.2) is 24.3 Å². The molecule has 0 aromatic carbocycles. The van der Waals surface area contributed by atoms with Gasteiger partial charge in [0.05, 0.1) is 12.7 Å². The lowest BCUT2D eigenvalue weighted by Gasteiger charge is -2.12. The Labute approximate surface area is 132 Å². The molecule has 0 saturated heterocycles. The summed E-state index contributed by atoms with van der Waals surface area (Å²) in [4.78, 5) is 21.6. The van der Waals surface area contributed by atoms with Crippen LogP contribution in [0.25, 0.3) is 0 Å². The molecular formula is C16H28O6. The van der Waals surface area contributed by atoms with E-state index in [4.69, 9.17) is 14.9 Å². The SMILES string of the molecule is C=C(C)C(=O)OC(CC)CO.C=C(C)C(=O)OCC(O)CC. The largest absolute Gasteiger partial charge is 0.460 e. The van der Waals surface area contributed by atoms with Gasteiger partial charge in [-0.25, -0.2) is 9.59 Å². The second-order valence-electron chi connectivity index (χ2n) is 4.84. The van der Waals surface area contributed by atoms with E-state index >= 15 is 0 Å². The fourth-order valence-electron chi connectivity index (χ4n) is 0.915. The van der Waals surface area contributed by atoms with E-state index in [1.807, 2.05) is 13.8 Å². The summed E-state index contributed by atoms with van der Waals surface area (Å²) in [6.45, 7) is 13.6. The maximum atomic E-state index is 10.8. The van der Waals surface area contributed by atoms with Gasteiger partial charge in [-0.1, -0.05) is 27.0 Å². The fourth-order valence-corrected chi connectivity index (χ4v) is 0.915. The Morgan fingerprint density at radius 3 is 1.86 bits per heavy atom. The highest BCUT2D eigenvalue weighted by molar-refractivity contribution is 5.87. The highest BCUT2D eigenvalue weighted by Gasteiger charge is 2.10. The molecule has 2 unspecified atom stereocenters. The van der Waals surface area contributed by atoms with Crippen LogP contribution in [0.3, 0.4) is 0 Å². The standard InChI is InChI=1S/2C8H14O3/c1-4-7(9)5-11-8(10)6(2)3;1-4-7(5-9)11-8(10)6(2)3/h2*7,9H,2,4-5H2,1,3H3. The molecule has 0 aliphatic rings. The van der Waals surface area contributed by atoms with E-state index in [0.717, 1.165) is 0 Å². The van der Waals surface area contributed by atoms with E-state index in [0.29, 0.717) is 24.0 Å². The first-order valence-electron chi connectivity index (χ1n) is 7.17. The molecule has 6 heteroatoms. The summed E-state index contributed by atoms with van der Waals surface area (Å²) in [6, 6.07) is 0. The Bertz CT molecular complexity index is 371. The molecule has 0 fully saturated rings. The molecule has 0 saturated carbocycles. The molecule has 2 N–H and O–H groups in total. The summed E-state index contributed by atoms with van der Waals surface area (Å²) in [5, 5.41) is 17.6. The lowest BCUT2D eigenvalue weighted by atomic mass is 10.3. The number of carbonyl (C=O) groups excluding carboxylic acids is 2. The maximum Gasteiger partial charge on any atom is 0.333 e. The molecule has 0 rings (SSSR count). The van der Waals surface area contributed by atoms with E-state index in [2.05, 4.69) is 17.9 Å². The lowest BCUT2D eigenvalue weighted by Crippen LogP contribution is -2.21. The zero-order chi connectivity index (χ0) is 17.7. The van der Waals surface area contributed by atoms with Crippen molar-refractivity contribution < 1.29 is 29.3 Å². The molecule has 0 aliphatic heterocycles. The summed E-state index contributed by atoms with van der Waals surface area (Å²) in [6.07, 6.45) is 0.261. The van der Waals surface area contributed by atoms with Gasteiger partial charge in [0, 0.05) is 11.1 Å². The Morgan fingerprint density at radius 2 is 1.55 bits per heavy atom. The van der Waals surface area contributed by atoms with Crippen molar-refractivity contribution in [3.05, 3.63) is 24.3 Å². The van der Waals surface area contributed by atoms with E-state index in [1.54, 1.807) is 13.8 Å². The van der Waals surface area contributed by atoms with Crippen molar-refractivity contribution in [2.24, 2.45) is 0 Å². The topological polar surface area (TPSA) is 93.1 Å². The van der Waals surface area contributed by atoms with Gasteiger partial charge in [0.25, 0.3) is 0 Å². The smallest absolute Gasteiger partial charge is 0.333 e. The van der Waals surface area contributed by atoms with Gasteiger partial charge in [-0.2, -0.15) is 0 Å². The van der Waals surface area contributed by atoms with Crippen molar-refractivity contribution in [1.82, 2.24) is 0 Å². The van der Waals surface area contributed by atoms with Crippen LogP contribution < -0.4 is 0 Å². The number of aliphatic hydroxyl groups excluding tert-OH is 2. The van der Waals surface area contributed by atoms with Crippen LogP contribution in [0, 0.1) is 0 Å². The summed E-state index contributed by atoms with van der Waals surface area (Å²) < 4.78 is 9.49. The van der Waals surface area contributed by atoms with E-state index in [-0.39, 0.29) is 19.3 Å². The van der Waals surface area contributed by atoms with Gasteiger partial charge in [0.2, 0.25) is 0 Å². The van der Waals surface area contributed by atoms with Crippen LogP contribution in [0.2, 0.25) is 0 Å². The Morgan fingerprint density at radius 1 is 1.05 bits per heavy atom. The minimum atomic E-state index is -0.557. The number of aliphatic hydroxyl groups is 2. The predicted molar refractivity (Wildman–Crippen MR) is 84.1 cm³/mol. The van der Waals surface area contributed by atoms with Crippen LogP contribution in [0.1, 0.15) is 40.5 Å². The molecule has 128 valence electrons. The van der Waals surface area contributed by atoms with Gasteiger partial charge in [0.15, 0.2) is 0 Å². The third-order valence-electron chi connectivity index (χ3n) is 2.51. The van der Waals surface area contributed by atoms with E-state index in [1.165, 1.54) is 0 Å². The monoisotopic (exact) mass is 316 g/mol. The molecule has 2 atom stereocenters. The second-order valence-corrected chi connectivity index (χ2v) is 4.84.